The Kier molecular flexibility index (Phi) is 11.2. The zero-order valence-electron chi connectivity index (χ0n) is 40.1. The van der Waals surface area contributed by atoms with Gasteiger partial charge in [0.1, 0.15) is 28.5 Å². The minimum absolute atomic E-state index is 0.367. The van der Waals surface area contributed by atoms with Gasteiger partial charge in [0.25, 0.3) is 0 Å². The van der Waals surface area contributed by atoms with Crippen LogP contribution in [0.1, 0.15) is 6.92 Å². The van der Waals surface area contributed by atoms with Crippen LogP contribution >= 0.6 is 0 Å². The predicted octanol–water partition coefficient (Wildman–Crippen LogP) is 13.9. The standard InChI is InChI=1S/C61H40N12O2/c1-3-4-23-49-38(2)74-53-27-8-5-24-50(53)72(49)39-34-41-42(43(36-39)56-66-58(45-19-11-15-30-62-45)70-59(67-56)46-20-12-16-31-63-46)35-40(73-51-25-6-9-28-54(51)75-55-29-10-7-26-52(55)73)37-44(41)57-68-60(47-21-13-17-32-64-47)71-61(69-57)48-22-14-18-33-65-48/h3-37H,1H2,2H3/b23-4-. The Hall–Kier alpha value is -10.6. The van der Waals surface area contributed by atoms with E-state index >= 15 is 0 Å². The summed E-state index contributed by atoms with van der Waals surface area (Å²) in [5.74, 6) is 4.95. The van der Waals surface area contributed by atoms with Crippen LogP contribution in [-0.2, 0) is 0 Å². The number of aromatic nitrogens is 10. The summed E-state index contributed by atoms with van der Waals surface area (Å²) in [7, 11) is 0. The van der Waals surface area contributed by atoms with Gasteiger partial charge in [0.2, 0.25) is 0 Å². The van der Waals surface area contributed by atoms with Crippen molar-refractivity contribution in [2.24, 2.45) is 0 Å². The second kappa shape index (κ2) is 18.9. The largest absolute Gasteiger partial charge is 0.458 e. The molecule has 14 heteroatoms. The SMILES string of the molecule is C=C/C=C\C1=C(C)Oc2ccccc2N1c1cc(-c2nc(-c3ccccn3)nc(-c3ccccn3)n2)c2cc(N3c4ccccc4Oc4ccccc43)cc(-c3nc(-c4ccccn4)nc(-c4ccccn4)n3)c2c1. The van der Waals surface area contributed by atoms with E-state index in [0.717, 1.165) is 44.9 Å². The van der Waals surface area contributed by atoms with Gasteiger partial charge < -0.3 is 19.3 Å². The van der Waals surface area contributed by atoms with E-state index in [1.807, 2.05) is 165 Å². The van der Waals surface area contributed by atoms with E-state index in [-0.39, 0.29) is 0 Å². The number of fused-ring (bicyclic) bond motifs is 4. The topological polar surface area (TPSA) is 154 Å². The third-order valence-electron chi connectivity index (χ3n) is 12.7. The van der Waals surface area contributed by atoms with Crippen molar-refractivity contribution in [1.29, 1.82) is 0 Å². The molecule has 0 spiro atoms. The monoisotopic (exact) mass is 972 g/mol. The van der Waals surface area contributed by atoms with E-state index < -0.39 is 0 Å². The van der Waals surface area contributed by atoms with Gasteiger partial charge in [0.05, 0.1) is 22.8 Å². The number of benzene rings is 5. The van der Waals surface area contributed by atoms with Crippen molar-refractivity contribution in [3.8, 4) is 86.1 Å². The number of pyridine rings is 4. The number of hydrogen-bond donors (Lipinski definition) is 0. The second-order valence-corrected chi connectivity index (χ2v) is 17.4. The van der Waals surface area contributed by atoms with E-state index in [4.69, 9.17) is 59.3 Å². The zero-order chi connectivity index (χ0) is 50.2. The quantitative estimate of drug-likeness (QED) is 0.119. The van der Waals surface area contributed by atoms with Crippen molar-refractivity contribution in [2.75, 3.05) is 9.80 Å². The first-order chi connectivity index (χ1) is 37.0. The fourth-order valence-corrected chi connectivity index (χ4v) is 9.34. The second-order valence-electron chi connectivity index (χ2n) is 17.4. The molecular weight excluding hydrogens is 933 g/mol. The molecule has 0 atom stereocenters. The van der Waals surface area contributed by atoms with Gasteiger partial charge in [-0.3, -0.25) is 19.9 Å². The normalized spacial score (nSPS) is 12.7. The number of anilines is 5. The highest BCUT2D eigenvalue weighted by atomic mass is 16.5. The first kappa shape index (κ1) is 44.3. The highest BCUT2D eigenvalue weighted by Gasteiger charge is 2.31. The molecule has 5 aromatic carbocycles. The maximum atomic E-state index is 6.56. The molecule has 0 N–H and O–H groups in total. The van der Waals surface area contributed by atoms with Crippen LogP contribution in [0, 0.1) is 0 Å². The summed E-state index contributed by atoms with van der Waals surface area (Å²) in [6.45, 7) is 5.97. The van der Waals surface area contributed by atoms with E-state index in [2.05, 4.69) is 40.6 Å². The van der Waals surface area contributed by atoms with Gasteiger partial charge in [0.15, 0.2) is 52.2 Å². The third kappa shape index (κ3) is 8.23. The molecule has 356 valence electrons. The summed E-state index contributed by atoms with van der Waals surface area (Å²) >= 11 is 0. The van der Waals surface area contributed by atoms with Gasteiger partial charge in [-0.15, -0.1) is 0 Å². The van der Waals surface area contributed by atoms with E-state index in [9.17, 15) is 0 Å². The number of hydrogen-bond acceptors (Lipinski definition) is 14. The lowest BCUT2D eigenvalue weighted by Crippen LogP contribution is -2.23. The molecule has 0 radical (unpaired) electrons. The third-order valence-corrected chi connectivity index (χ3v) is 12.7. The summed E-state index contributed by atoms with van der Waals surface area (Å²) in [4.78, 5) is 54.4. The summed E-state index contributed by atoms with van der Waals surface area (Å²) in [6, 6.07) is 55.1. The highest BCUT2D eigenvalue weighted by molar-refractivity contribution is 6.09. The Labute approximate surface area is 430 Å². The Morgan fingerprint density at radius 1 is 0.400 bits per heavy atom. The Balaban J connectivity index is 1.19. The average molecular weight is 973 g/mol. The van der Waals surface area contributed by atoms with Crippen molar-refractivity contribution >= 4 is 39.2 Å². The van der Waals surface area contributed by atoms with Crippen LogP contribution in [0.25, 0.3) is 79.6 Å². The Morgan fingerprint density at radius 2 is 0.760 bits per heavy atom. The van der Waals surface area contributed by atoms with E-state index in [1.165, 1.54) is 0 Å². The predicted molar refractivity (Wildman–Crippen MR) is 291 cm³/mol. The van der Waals surface area contributed by atoms with Crippen molar-refractivity contribution in [1.82, 2.24) is 49.8 Å². The summed E-state index contributed by atoms with van der Waals surface area (Å²) in [5.41, 5.74) is 8.38. The summed E-state index contributed by atoms with van der Waals surface area (Å²) in [5, 5.41) is 1.53. The number of ether oxygens (including phenoxy) is 2. The number of allylic oxidation sites excluding steroid dienone is 4. The molecule has 0 amide bonds. The highest BCUT2D eigenvalue weighted by Crippen LogP contribution is 2.53. The lowest BCUT2D eigenvalue weighted by molar-refractivity contribution is 0.414. The minimum atomic E-state index is 0.367. The fourth-order valence-electron chi connectivity index (χ4n) is 9.34. The van der Waals surface area contributed by atoms with Crippen LogP contribution in [0.3, 0.4) is 0 Å². The van der Waals surface area contributed by atoms with Crippen LogP contribution in [0.5, 0.6) is 17.2 Å². The Bertz CT molecular complexity index is 3900. The van der Waals surface area contributed by atoms with Crippen LogP contribution in [0.4, 0.5) is 28.4 Å². The summed E-state index contributed by atoms with van der Waals surface area (Å²) < 4.78 is 13.1. The van der Waals surface area contributed by atoms with Crippen LogP contribution in [0.2, 0.25) is 0 Å². The van der Waals surface area contributed by atoms with Gasteiger partial charge in [-0.1, -0.05) is 79.4 Å². The molecule has 75 heavy (non-hydrogen) atoms. The molecule has 0 bridgehead atoms. The lowest BCUT2D eigenvalue weighted by Gasteiger charge is -2.34. The smallest absolute Gasteiger partial charge is 0.182 e. The molecule has 6 aromatic heterocycles. The average Bonchev–Trinajstić information content (AvgIpc) is 3.48. The van der Waals surface area contributed by atoms with Gasteiger partial charge in [-0.05, 0) is 133 Å². The molecule has 0 fully saturated rings. The van der Waals surface area contributed by atoms with Gasteiger partial charge in [0, 0.05) is 47.3 Å². The van der Waals surface area contributed by atoms with Crippen LogP contribution < -0.4 is 19.3 Å². The van der Waals surface area contributed by atoms with Crippen LogP contribution in [-0.4, -0.2) is 49.8 Å². The minimum Gasteiger partial charge on any atom is -0.458 e. The van der Waals surface area contributed by atoms with Crippen molar-refractivity contribution in [2.45, 2.75) is 6.92 Å². The number of nitrogens with zero attached hydrogens (tertiary/aromatic N) is 12. The van der Waals surface area contributed by atoms with E-state index in [0.29, 0.717) is 91.9 Å². The van der Waals surface area contributed by atoms with E-state index in [1.54, 1.807) is 30.9 Å². The molecule has 0 saturated carbocycles. The van der Waals surface area contributed by atoms with Gasteiger partial charge in [-0.25, -0.2) is 29.9 Å². The van der Waals surface area contributed by atoms with Crippen LogP contribution in [0.15, 0.2) is 231 Å². The molecule has 8 heterocycles. The molecule has 2 aliphatic rings. The number of para-hydroxylation sites is 6. The summed E-state index contributed by atoms with van der Waals surface area (Å²) in [6.07, 6.45) is 12.5. The van der Waals surface area contributed by atoms with Crippen molar-refractivity contribution in [3.05, 3.63) is 231 Å². The first-order valence-electron chi connectivity index (χ1n) is 24.1. The molecule has 14 nitrogen and oxygen atoms in total. The lowest BCUT2D eigenvalue weighted by atomic mass is 9.95. The maximum Gasteiger partial charge on any atom is 0.182 e. The molecular formula is C61H40N12O2. The Morgan fingerprint density at radius 3 is 1.16 bits per heavy atom. The number of rotatable bonds is 10. The van der Waals surface area contributed by atoms with Crippen molar-refractivity contribution < 1.29 is 9.47 Å². The first-order valence-corrected chi connectivity index (χ1v) is 24.1. The molecule has 13 rings (SSSR count). The molecule has 2 aliphatic heterocycles. The zero-order valence-corrected chi connectivity index (χ0v) is 40.1. The van der Waals surface area contributed by atoms with Gasteiger partial charge in [-0.2, -0.15) is 0 Å². The molecule has 0 unspecified atom stereocenters. The van der Waals surface area contributed by atoms with Gasteiger partial charge >= 0.3 is 0 Å². The fraction of sp³-hybridized carbons (Fsp3) is 0.0164. The molecule has 0 aliphatic carbocycles. The maximum absolute atomic E-state index is 6.56. The van der Waals surface area contributed by atoms with Crippen molar-refractivity contribution in [3.63, 3.8) is 0 Å². The molecule has 0 saturated heterocycles. The molecule has 11 aromatic rings.